The molecular weight excluding hydrogens is 372 g/mol. The van der Waals surface area contributed by atoms with Crippen LogP contribution in [0, 0.1) is 5.92 Å². The largest absolute Gasteiger partial charge is 0.295 e. The molecule has 2 atom stereocenters. The lowest BCUT2D eigenvalue weighted by Crippen LogP contribution is -2.55. The highest BCUT2D eigenvalue weighted by molar-refractivity contribution is 6.04. The maximum atomic E-state index is 13.1. The van der Waals surface area contributed by atoms with Gasteiger partial charge in [0.25, 0.3) is 0 Å². The predicted octanol–water partition coefficient (Wildman–Crippen LogP) is 6.48. The molecular formula is C26H42N2O2. The first-order valence-corrected chi connectivity index (χ1v) is 12.4. The molecule has 30 heavy (non-hydrogen) atoms. The SMILES string of the molecule is CCCCCCCC[C@H]1C[C@](CCCCCCCC)(c2ccncc2)C(=O)NC1=O. The van der Waals surface area contributed by atoms with Crippen molar-refractivity contribution in [1.29, 1.82) is 0 Å². The van der Waals surface area contributed by atoms with Gasteiger partial charge in [0.1, 0.15) is 0 Å². The van der Waals surface area contributed by atoms with Gasteiger partial charge in [-0.25, -0.2) is 0 Å². The van der Waals surface area contributed by atoms with Crippen LogP contribution >= 0.6 is 0 Å². The van der Waals surface area contributed by atoms with Gasteiger partial charge in [0.15, 0.2) is 0 Å². The summed E-state index contributed by atoms with van der Waals surface area (Å²) in [4.78, 5) is 29.9. The first-order chi connectivity index (χ1) is 14.6. The average molecular weight is 415 g/mol. The molecule has 168 valence electrons. The lowest BCUT2D eigenvalue weighted by atomic mass is 9.67. The van der Waals surface area contributed by atoms with Gasteiger partial charge in [-0.2, -0.15) is 0 Å². The van der Waals surface area contributed by atoms with Gasteiger partial charge in [-0.3, -0.25) is 19.9 Å². The second-order valence-corrected chi connectivity index (χ2v) is 9.11. The third kappa shape index (κ3) is 7.21. The van der Waals surface area contributed by atoms with E-state index in [-0.39, 0.29) is 17.7 Å². The monoisotopic (exact) mass is 414 g/mol. The summed E-state index contributed by atoms with van der Waals surface area (Å²) in [6.45, 7) is 4.46. The van der Waals surface area contributed by atoms with Crippen molar-refractivity contribution in [3.05, 3.63) is 30.1 Å². The zero-order valence-electron chi connectivity index (χ0n) is 19.3. The summed E-state index contributed by atoms with van der Waals surface area (Å²) in [5.41, 5.74) is 0.429. The van der Waals surface area contributed by atoms with E-state index >= 15 is 0 Å². The number of pyridine rings is 1. The van der Waals surface area contributed by atoms with Crippen LogP contribution in [0.3, 0.4) is 0 Å². The smallest absolute Gasteiger partial charge is 0.237 e. The molecule has 2 heterocycles. The van der Waals surface area contributed by atoms with Crippen LogP contribution in [0.4, 0.5) is 0 Å². The zero-order chi connectivity index (χ0) is 21.7. The van der Waals surface area contributed by atoms with Crippen LogP contribution in [0.5, 0.6) is 0 Å². The van der Waals surface area contributed by atoms with Crippen molar-refractivity contribution in [1.82, 2.24) is 10.3 Å². The van der Waals surface area contributed by atoms with Crippen molar-refractivity contribution in [2.75, 3.05) is 0 Å². The van der Waals surface area contributed by atoms with Crippen LogP contribution in [0.1, 0.15) is 116 Å². The summed E-state index contributed by atoms with van der Waals surface area (Å²) in [7, 11) is 0. The Morgan fingerprint density at radius 3 is 2.07 bits per heavy atom. The summed E-state index contributed by atoms with van der Waals surface area (Å²) in [6.07, 6.45) is 20.4. The zero-order valence-corrected chi connectivity index (χ0v) is 19.3. The fraction of sp³-hybridized carbons (Fsp3) is 0.731. The number of piperidine rings is 1. The molecule has 1 aliphatic rings. The van der Waals surface area contributed by atoms with Crippen molar-refractivity contribution in [2.24, 2.45) is 5.92 Å². The lowest BCUT2D eigenvalue weighted by molar-refractivity contribution is -0.142. The number of aromatic nitrogens is 1. The van der Waals surface area contributed by atoms with E-state index in [1.807, 2.05) is 12.1 Å². The van der Waals surface area contributed by atoms with Crippen molar-refractivity contribution in [2.45, 2.75) is 116 Å². The van der Waals surface area contributed by atoms with E-state index in [2.05, 4.69) is 24.1 Å². The minimum absolute atomic E-state index is 0.0675. The molecule has 1 N–H and O–H groups in total. The van der Waals surface area contributed by atoms with Gasteiger partial charge in [0, 0.05) is 18.3 Å². The van der Waals surface area contributed by atoms with Gasteiger partial charge < -0.3 is 0 Å². The molecule has 2 amide bonds. The Hall–Kier alpha value is -1.71. The molecule has 0 radical (unpaired) electrons. The fourth-order valence-electron chi connectivity index (χ4n) is 4.83. The van der Waals surface area contributed by atoms with Crippen LogP contribution in [0.25, 0.3) is 0 Å². The Labute approximate surface area is 183 Å². The van der Waals surface area contributed by atoms with Crippen LogP contribution in [0.2, 0.25) is 0 Å². The van der Waals surface area contributed by atoms with E-state index < -0.39 is 5.41 Å². The Morgan fingerprint density at radius 1 is 0.867 bits per heavy atom. The van der Waals surface area contributed by atoms with E-state index in [4.69, 9.17) is 0 Å². The van der Waals surface area contributed by atoms with Gasteiger partial charge >= 0.3 is 0 Å². The molecule has 0 unspecified atom stereocenters. The van der Waals surface area contributed by atoms with E-state index in [1.165, 1.54) is 57.8 Å². The van der Waals surface area contributed by atoms with Crippen molar-refractivity contribution >= 4 is 11.8 Å². The Morgan fingerprint density at radius 2 is 1.43 bits per heavy atom. The molecule has 4 heteroatoms. The number of unbranched alkanes of at least 4 members (excludes halogenated alkanes) is 10. The molecule has 1 aliphatic heterocycles. The summed E-state index contributed by atoms with van der Waals surface area (Å²) in [5.74, 6) is -0.241. The normalized spacial score (nSPS) is 21.6. The number of rotatable bonds is 15. The quantitative estimate of drug-likeness (QED) is 0.264. The van der Waals surface area contributed by atoms with Crippen LogP contribution in [-0.4, -0.2) is 16.8 Å². The Kier molecular flexibility index (Phi) is 11.1. The van der Waals surface area contributed by atoms with Crippen LogP contribution < -0.4 is 5.32 Å². The van der Waals surface area contributed by atoms with Gasteiger partial charge in [0.05, 0.1) is 5.41 Å². The van der Waals surface area contributed by atoms with Crippen LogP contribution in [-0.2, 0) is 15.0 Å². The highest BCUT2D eigenvalue weighted by Gasteiger charge is 2.47. The van der Waals surface area contributed by atoms with Crippen molar-refractivity contribution in [3.63, 3.8) is 0 Å². The molecule has 1 aromatic rings. The molecule has 2 rings (SSSR count). The van der Waals surface area contributed by atoms with Gasteiger partial charge in [-0.1, -0.05) is 90.9 Å². The third-order valence-corrected chi connectivity index (χ3v) is 6.73. The number of nitrogens with zero attached hydrogens (tertiary/aromatic N) is 1. The Balaban J connectivity index is 2.02. The van der Waals surface area contributed by atoms with Crippen molar-refractivity contribution < 1.29 is 9.59 Å². The summed E-state index contributed by atoms with van der Waals surface area (Å²) < 4.78 is 0. The molecule has 1 fully saturated rings. The number of amides is 2. The molecule has 0 aromatic carbocycles. The van der Waals surface area contributed by atoms with Gasteiger partial charge in [-0.15, -0.1) is 0 Å². The van der Waals surface area contributed by atoms with Gasteiger partial charge in [-0.05, 0) is 37.0 Å². The molecule has 0 aliphatic carbocycles. The van der Waals surface area contributed by atoms with Gasteiger partial charge in [0.2, 0.25) is 11.8 Å². The molecule has 1 saturated heterocycles. The van der Waals surface area contributed by atoms with E-state index in [0.717, 1.165) is 37.7 Å². The number of hydrogen-bond acceptors (Lipinski definition) is 3. The molecule has 4 nitrogen and oxygen atoms in total. The average Bonchev–Trinajstić information content (AvgIpc) is 2.76. The van der Waals surface area contributed by atoms with Crippen LogP contribution in [0.15, 0.2) is 24.5 Å². The van der Waals surface area contributed by atoms with E-state index in [9.17, 15) is 9.59 Å². The third-order valence-electron chi connectivity index (χ3n) is 6.73. The molecule has 0 saturated carbocycles. The number of imide groups is 1. The number of carbonyl (C=O) groups excluding carboxylic acids is 2. The molecule has 1 aromatic heterocycles. The number of nitrogens with one attached hydrogen (secondary N) is 1. The summed E-state index contributed by atoms with van der Waals surface area (Å²) in [6, 6.07) is 3.93. The number of carbonyl (C=O) groups is 2. The molecule has 0 spiro atoms. The van der Waals surface area contributed by atoms with E-state index in [0.29, 0.717) is 6.42 Å². The highest BCUT2D eigenvalue weighted by Crippen LogP contribution is 2.41. The topological polar surface area (TPSA) is 59.1 Å². The highest BCUT2D eigenvalue weighted by atomic mass is 16.2. The minimum Gasteiger partial charge on any atom is -0.295 e. The maximum absolute atomic E-state index is 13.1. The Bertz CT molecular complexity index is 631. The van der Waals surface area contributed by atoms with E-state index in [1.54, 1.807) is 12.4 Å². The predicted molar refractivity (Wildman–Crippen MR) is 123 cm³/mol. The molecule has 0 bridgehead atoms. The number of hydrogen-bond donors (Lipinski definition) is 1. The summed E-state index contributed by atoms with van der Waals surface area (Å²) >= 11 is 0. The maximum Gasteiger partial charge on any atom is 0.237 e. The second kappa shape index (κ2) is 13.6. The standard InChI is InChI=1S/C26H42N2O2/c1-3-5-7-9-11-13-15-22-21-26(25(30)28-24(22)29,23-16-19-27-20-17-23)18-14-12-10-8-6-4-2/h16-17,19-20,22H,3-15,18,21H2,1-2H3,(H,28,29,30)/t22-,26+/m0/s1. The van der Waals surface area contributed by atoms with Crippen molar-refractivity contribution in [3.8, 4) is 0 Å². The fourth-order valence-corrected chi connectivity index (χ4v) is 4.83. The summed E-state index contributed by atoms with van der Waals surface area (Å²) in [5, 5.41) is 2.74. The minimum atomic E-state index is -0.589. The first kappa shape index (κ1) is 24.6. The lowest BCUT2D eigenvalue weighted by Gasteiger charge is -2.39. The second-order valence-electron chi connectivity index (χ2n) is 9.11. The first-order valence-electron chi connectivity index (χ1n) is 12.4.